The molecule has 0 N–H and O–H groups in total. The van der Waals surface area contributed by atoms with Crippen LogP contribution in [0.4, 0.5) is 0 Å². The van der Waals surface area contributed by atoms with Crippen LogP contribution in [0.15, 0.2) is 65.6 Å². The predicted molar refractivity (Wildman–Crippen MR) is 116 cm³/mol. The highest BCUT2D eigenvalue weighted by Crippen LogP contribution is 2.38. The Labute approximate surface area is 174 Å². The minimum atomic E-state index is 0.121. The lowest BCUT2D eigenvalue weighted by Gasteiger charge is -2.26. The lowest BCUT2D eigenvalue weighted by atomic mass is 10.0. The third-order valence-corrected chi connectivity index (χ3v) is 6.59. The molecule has 0 bridgehead atoms. The van der Waals surface area contributed by atoms with Gasteiger partial charge in [0.25, 0.3) is 0 Å². The van der Waals surface area contributed by atoms with Crippen molar-refractivity contribution >= 4 is 28.4 Å². The molecule has 1 atom stereocenters. The summed E-state index contributed by atoms with van der Waals surface area (Å²) in [6.07, 6.45) is 2.03. The van der Waals surface area contributed by atoms with Gasteiger partial charge in [0.05, 0.1) is 11.8 Å². The number of thioether (sulfide) groups is 1. The number of benzene rings is 3. The molecule has 0 radical (unpaired) electrons. The molecular formula is C24H23NO3S. The Morgan fingerprint density at radius 3 is 2.69 bits per heavy atom. The summed E-state index contributed by atoms with van der Waals surface area (Å²) < 4.78 is 11.4. The lowest BCUT2D eigenvalue weighted by molar-refractivity contribution is -0.129. The second-order valence-corrected chi connectivity index (χ2v) is 8.49. The molecule has 1 amide bonds. The van der Waals surface area contributed by atoms with Crippen LogP contribution >= 0.6 is 11.8 Å². The molecule has 2 heterocycles. The maximum absolute atomic E-state index is 13.0. The van der Waals surface area contributed by atoms with E-state index >= 15 is 0 Å². The van der Waals surface area contributed by atoms with Gasteiger partial charge in [-0.2, -0.15) is 0 Å². The van der Waals surface area contributed by atoms with Gasteiger partial charge in [-0.3, -0.25) is 4.79 Å². The minimum absolute atomic E-state index is 0.121. The number of carbonyl (C=O) groups is 1. The topological polar surface area (TPSA) is 38.8 Å². The van der Waals surface area contributed by atoms with Crippen LogP contribution in [0.5, 0.6) is 11.5 Å². The number of ether oxygens (including phenoxy) is 2. The Kier molecular flexibility index (Phi) is 5.06. The molecule has 0 saturated carbocycles. The van der Waals surface area contributed by atoms with Crippen LogP contribution in [-0.2, 0) is 4.79 Å². The fourth-order valence-electron chi connectivity index (χ4n) is 4.16. The zero-order valence-corrected chi connectivity index (χ0v) is 17.0. The van der Waals surface area contributed by atoms with Crippen LogP contribution < -0.4 is 9.47 Å². The average molecular weight is 406 g/mol. The van der Waals surface area contributed by atoms with Crippen LogP contribution in [0.1, 0.15) is 24.4 Å². The van der Waals surface area contributed by atoms with Crippen molar-refractivity contribution in [3.05, 3.63) is 66.2 Å². The zero-order chi connectivity index (χ0) is 19.6. The Balaban J connectivity index is 1.28. The molecule has 0 aromatic heterocycles. The van der Waals surface area contributed by atoms with Gasteiger partial charge in [0.2, 0.25) is 5.91 Å². The molecule has 5 heteroatoms. The van der Waals surface area contributed by atoms with Gasteiger partial charge < -0.3 is 14.4 Å². The van der Waals surface area contributed by atoms with Gasteiger partial charge in [0.15, 0.2) is 11.5 Å². The molecule has 2 aliphatic heterocycles. The summed E-state index contributed by atoms with van der Waals surface area (Å²) in [6, 6.07) is 20.9. The van der Waals surface area contributed by atoms with Gasteiger partial charge in [-0.05, 0) is 53.4 Å². The number of likely N-dealkylation sites (tertiary alicyclic amines) is 1. The van der Waals surface area contributed by atoms with Crippen LogP contribution in [0.25, 0.3) is 10.8 Å². The normalized spacial score (nSPS) is 18.2. The van der Waals surface area contributed by atoms with Gasteiger partial charge in [0, 0.05) is 11.4 Å². The molecule has 2 aliphatic rings. The minimum Gasteiger partial charge on any atom is -0.486 e. The van der Waals surface area contributed by atoms with E-state index in [-0.39, 0.29) is 11.9 Å². The lowest BCUT2D eigenvalue weighted by Crippen LogP contribution is -2.32. The molecule has 0 spiro atoms. The Hall–Kier alpha value is -2.66. The SMILES string of the molecule is O=C(CSc1ccc2ccccc2c1)N1CCCC1c1ccc2c(c1)OCCO2. The molecule has 1 saturated heterocycles. The maximum Gasteiger partial charge on any atom is 0.233 e. The van der Waals surface area contributed by atoms with Crippen molar-refractivity contribution in [3.8, 4) is 11.5 Å². The van der Waals surface area contributed by atoms with E-state index in [2.05, 4.69) is 36.4 Å². The number of hydrogen-bond donors (Lipinski definition) is 0. The number of fused-ring (bicyclic) bond motifs is 2. The van der Waals surface area contributed by atoms with Crippen molar-refractivity contribution in [3.63, 3.8) is 0 Å². The number of hydrogen-bond acceptors (Lipinski definition) is 4. The van der Waals surface area contributed by atoms with Gasteiger partial charge in [-0.1, -0.05) is 36.4 Å². The molecule has 148 valence electrons. The first kappa shape index (κ1) is 18.4. The summed E-state index contributed by atoms with van der Waals surface area (Å²) in [5.74, 6) is 2.24. The van der Waals surface area contributed by atoms with Crippen LogP contribution in [-0.4, -0.2) is 36.3 Å². The number of nitrogens with zero attached hydrogens (tertiary/aromatic N) is 1. The fraction of sp³-hybridized carbons (Fsp3) is 0.292. The summed E-state index contributed by atoms with van der Waals surface area (Å²) in [6.45, 7) is 1.98. The standard InChI is InChI=1S/C24H23NO3S/c26-24(16-29-20-9-7-17-4-1-2-5-18(17)14-20)25-11-3-6-21(25)19-8-10-22-23(15-19)28-13-12-27-22/h1-2,4-5,7-10,14-15,21H,3,6,11-13,16H2. The quantitative estimate of drug-likeness (QED) is 0.568. The first-order valence-electron chi connectivity index (χ1n) is 10.1. The van der Waals surface area contributed by atoms with Crippen LogP contribution in [0, 0.1) is 0 Å². The molecule has 3 aromatic rings. The van der Waals surface area contributed by atoms with Crippen molar-refractivity contribution in [2.75, 3.05) is 25.5 Å². The Bertz CT molecular complexity index is 1050. The molecule has 4 nitrogen and oxygen atoms in total. The van der Waals surface area contributed by atoms with E-state index in [0.717, 1.165) is 41.3 Å². The van der Waals surface area contributed by atoms with E-state index in [9.17, 15) is 4.79 Å². The monoisotopic (exact) mass is 405 g/mol. The second-order valence-electron chi connectivity index (χ2n) is 7.45. The van der Waals surface area contributed by atoms with Crippen molar-refractivity contribution in [2.24, 2.45) is 0 Å². The zero-order valence-electron chi connectivity index (χ0n) is 16.2. The summed E-state index contributed by atoms with van der Waals surface area (Å²) >= 11 is 1.61. The van der Waals surface area contributed by atoms with Gasteiger partial charge in [-0.25, -0.2) is 0 Å². The number of rotatable bonds is 4. The first-order valence-corrected chi connectivity index (χ1v) is 11.1. The molecular weight excluding hydrogens is 382 g/mol. The number of amides is 1. The van der Waals surface area contributed by atoms with E-state index in [1.807, 2.05) is 29.2 Å². The van der Waals surface area contributed by atoms with Crippen molar-refractivity contribution < 1.29 is 14.3 Å². The summed E-state index contributed by atoms with van der Waals surface area (Å²) in [5, 5.41) is 2.43. The average Bonchev–Trinajstić information content (AvgIpc) is 3.27. The molecule has 29 heavy (non-hydrogen) atoms. The highest BCUT2D eigenvalue weighted by Gasteiger charge is 2.30. The summed E-state index contributed by atoms with van der Waals surface area (Å²) in [5.41, 5.74) is 1.14. The highest BCUT2D eigenvalue weighted by atomic mass is 32.2. The Morgan fingerprint density at radius 1 is 0.966 bits per heavy atom. The van der Waals surface area contributed by atoms with E-state index in [1.165, 1.54) is 10.8 Å². The van der Waals surface area contributed by atoms with E-state index in [1.54, 1.807) is 11.8 Å². The van der Waals surface area contributed by atoms with Crippen molar-refractivity contribution in [2.45, 2.75) is 23.8 Å². The number of carbonyl (C=O) groups excluding carboxylic acids is 1. The largest absolute Gasteiger partial charge is 0.486 e. The maximum atomic E-state index is 13.0. The predicted octanol–water partition coefficient (Wildman–Crippen LogP) is 5.07. The van der Waals surface area contributed by atoms with Gasteiger partial charge >= 0.3 is 0 Å². The summed E-state index contributed by atoms with van der Waals surface area (Å²) in [7, 11) is 0. The molecule has 3 aromatic carbocycles. The highest BCUT2D eigenvalue weighted by molar-refractivity contribution is 8.00. The van der Waals surface area contributed by atoms with E-state index in [4.69, 9.17) is 9.47 Å². The third kappa shape index (κ3) is 3.79. The Morgan fingerprint density at radius 2 is 1.79 bits per heavy atom. The van der Waals surface area contributed by atoms with Gasteiger partial charge in [0.1, 0.15) is 13.2 Å². The fourth-order valence-corrected chi connectivity index (χ4v) is 4.99. The van der Waals surface area contributed by atoms with Crippen LogP contribution in [0.3, 0.4) is 0 Å². The molecule has 5 rings (SSSR count). The molecule has 0 aliphatic carbocycles. The third-order valence-electron chi connectivity index (χ3n) is 5.61. The molecule has 1 unspecified atom stereocenters. The first-order chi connectivity index (χ1) is 14.3. The van der Waals surface area contributed by atoms with E-state index in [0.29, 0.717) is 19.0 Å². The van der Waals surface area contributed by atoms with E-state index < -0.39 is 0 Å². The van der Waals surface area contributed by atoms with Crippen LogP contribution in [0.2, 0.25) is 0 Å². The van der Waals surface area contributed by atoms with Crippen molar-refractivity contribution in [1.82, 2.24) is 4.90 Å². The summed E-state index contributed by atoms with van der Waals surface area (Å²) in [4.78, 5) is 16.2. The smallest absolute Gasteiger partial charge is 0.233 e. The molecule has 1 fully saturated rings. The van der Waals surface area contributed by atoms with Gasteiger partial charge in [-0.15, -0.1) is 11.8 Å². The second kappa shape index (κ2) is 7.99. The van der Waals surface area contributed by atoms with Crippen molar-refractivity contribution in [1.29, 1.82) is 0 Å².